The second-order valence-electron chi connectivity index (χ2n) is 6.67. The van der Waals surface area contributed by atoms with Gasteiger partial charge in [0.05, 0.1) is 10.7 Å². The van der Waals surface area contributed by atoms with Crippen LogP contribution in [0.2, 0.25) is 0 Å². The Kier molecular flexibility index (Phi) is 3.94. The van der Waals surface area contributed by atoms with Gasteiger partial charge in [0, 0.05) is 11.8 Å². The van der Waals surface area contributed by atoms with Gasteiger partial charge < -0.3 is 5.11 Å². The zero-order valence-corrected chi connectivity index (χ0v) is 14.3. The van der Waals surface area contributed by atoms with Crippen LogP contribution in [0, 0.1) is 0 Å². The number of nitrogens with zero attached hydrogens (tertiary/aromatic N) is 1. The van der Waals surface area contributed by atoms with Gasteiger partial charge in [0.25, 0.3) is 0 Å². The maximum absolute atomic E-state index is 11.6. The van der Waals surface area contributed by atoms with E-state index in [1.807, 2.05) is 24.3 Å². The predicted octanol–water partition coefficient (Wildman–Crippen LogP) is 4.88. The summed E-state index contributed by atoms with van der Waals surface area (Å²) in [5.41, 5.74) is 1.62. The van der Waals surface area contributed by atoms with Crippen molar-refractivity contribution in [2.24, 2.45) is 0 Å². The van der Waals surface area contributed by atoms with E-state index in [0.29, 0.717) is 17.0 Å². The summed E-state index contributed by atoms with van der Waals surface area (Å²) in [6.45, 7) is 6.16. The van der Waals surface area contributed by atoms with Crippen LogP contribution < -0.4 is 0 Å². The van der Waals surface area contributed by atoms with Crippen molar-refractivity contribution in [1.82, 2.24) is 4.98 Å². The van der Waals surface area contributed by atoms with E-state index in [2.05, 4.69) is 44.0 Å². The second-order valence-corrected chi connectivity index (χ2v) is 7.66. The quantitative estimate of drug-likeness (QED) is 0.746. The Morgan fingerprint density at radius 2 is 1.83 bits per heavy atom. The molecule has 118 valence electrons. The van der Waals surface area contributed by atoms with Crippen LogP contribution in [-0.4, -0.2) is 16.1 Å². The Hall–Kier alpha value is -2.20. The second kappa shape index (κ2) is 5.78. The third-order valence-corrected chi connectivity index (χ3v) is 5.28. The SMILES string of the molecule is CC(C)(C)c1nc(Cc2cccc3ccccc23)c(C(=O)O)s1. The highest BCUT2D eigenvalue weighted by Crippen LogP contribution is 2.31. The van der Waals surface area contributed by atoms with Gasteiger partial charge >= 0.3 is 5.97 Å². The summed E-state index contributed by atoms with van der Waals surface area (Å²) in [4.78, 5) is 16.6. The van der Waals surface area contributed by atoms with E-state index in [9.17, 15) is 9.90 Å². The molecule has 0 fully saturated rings. The van der Waals surface area contributed by atoms with Crippen molar-refractivity contribution >= 4 is 28.1 Å². The van der Waals surface area contributed by atoms with Crippen LogP contribution in [0.5, 0.6) is 0 Å². The topological polar surface area (TPSA) is 50.2 Å². The minimum absolute atomic E-state index is 0.147. The Bertz CT molecular complexity index is 869. The molecule has 0 bridgehead atoms. The number of carboxylic acids is 1. The minimum Gasteiger partial charge on any atom is -0.477 e. The molecule has 0 saturated carbocycles. The standard InChI is InChI=1S/C19H19NO2S/c1-19(2,3)18-20-15(16(23-18)17(21)22)11-13-9-6-8-12-7-4-5-10-14(12)13/h4-10H,11H2,1-3H3,(H,21,22). The van der Waals surface area contributed by atoms with Crippen molar-refractivity contribution in [3.05, 3.63) is 63.6 Å². The van der Waals surface area contributed by atoms with Crippen LogP contribution in [0.4, 0.5) is 0 Å². The Labute approximate surface area is 139 Å². The van der Waals surface area contributed by atoms with Crippen molar-refractivity contribution in [1.29, 1.82) is 0 Å². The summed E-state index contributed by atoms with van der Waals surface area (Å²) in [5, 5.41) is 12.7. The molecular formula is C19H19NO2S. The number of fused-ring (bicyclic) bond motifs is 1. The third-order valence-electron chi connectivity index (χ3n) is 3.77. The van der Waals surface area contributed by atoms with Crippen LogP contribution in [0.3, 0.4) is 0 Å². The third kappa shape index (κ3) is 3.13. The molecule has 1 N–H and O–H groups in total. The van der Waals surface area contributed by atoms with Gasteiger partial charge in [0.1, 0.15) is 4.88 Å². The molecule has 0 saturated heterocycles. The van der Waals surface area contributed by atoms with Gasteiger partial charge in [-0.15, -0.1) is 11.3 Å². The number of carbonyl (C=O) groups is 1. The lowest BCUT2D eigenvalue weighted by Gasteiger charge is -2.13. The summed E-state index contributed by atoms with van der Waals surface area (Å²) in [6.07, 6.45) is 0.537. The van der Waals surface area contributed by atoms with Crippen LogP contribution in [0.25, 0.3) is 10.8 Å². The molecule has 2 aromatic carbocycles. The van der Waals surface area contributed by atoms with Gasteiger partial charge in [-0.05, 0) is 16.3 Å². The zero-order chi connectivity index (χ0) is 16.6. The average molecular weight is 325 g/mol. The first-order chi connectivity index (χ1) is 10.9. The molecule has 3 nitrogen and oxygen atoms in total. The van der Waals surface area contributed by atoms with Gasteiger partial charge in [-0.3, -0.25) is 0 Å². The first kappa shape index (κ1) is 15.7. The first-order valence-electron chi connectivity index (χ1n) is 7.56. The van der Waals surface area contributed by atoms with E-state index >= 15 is 0 Å². The summed E-state index contributed by atoms with van der Waals surface area (Å²) in [7, 11) is 0. The molecule has 4 heteroatoms. The fourth-order valence-corrected chi connectivity index (χ4v) is 3.56. The van der Waals surface area contributed by atoms with E-state index in [0.717, 1.165) is 21.3 Å². The number of aromatic carboxylic acids is 1. The molecule has 3 rings (SSSR count). The van der Waals surface area contributed by atoms with Crippen LogP contribution in [-0.2, 0) is 11.8 Å². The molecule has 1 heterocycles. The maximum atomic E-state index is 11.6. The number of hydrogen-bond acceptors (Lipinski definition) is 3. The fraction of sp³-hybridized carbons (Fsp3) is 0.263. The normalized spacial score (nSPS) is 11.8. The smallest absolute Gasteiger partial charge is 0.347 e. The van der Waals surface area contributed by atoms with Crippen molar-refractivity contribution in [2.75, 3.05) is 0 Å². The summed E-state index contributed by atoms with van der Waals surface area (Å²) >= 11 is 1.29. The molecule has 0 atom stereocenters. The number of rotatable bonds is 3. The predicted molar refractivity (Wildman–Crippen MR) is 94.5 cm³/mol. The van der Waals surface area contributed by atoms with Crippen molar-refractivity contribution in [3.63, 3.8) is 0 Å². The monoisotopic (exact) mass is 325 g/mol. The molecule has 23 heavy (non-hydrogen) atoms. The van der Waals surface area contributed by atoms with Gasteiger partial charge in [0.2, 0.25) is 0 Å². The van der Waals surface area contributed by atoms with Crippen LogP contribution in [0.1, 0.15) is 46.7 Å². The lowest BCUT2D eigenvalue weighted by atomic mass is 9.98. The molecule has 0 aliphatic carbocycles. The first-order valence-corrected chi connectivity index (χ1v) is 8.38. The molecular weight excluding hydrogens is 306 g/mol. The number of benzene rings is 2. The highest BCUT2D eigenvalue weighted by Gasteiger charge is 2.24. The summed E-state index contributed by atoms with van der Waals surface area (Å²) in [5.74, 6) is -0.895. The Morgan fingerprint density at radius 3 is 2.52 bits per heavy atom. The number of thiazole rings is 1. The molecule has 0 aliphatic heterocycles. The van der Waals surface area contributed by atoms with E-state index in [1.165, 1.54) is 11.3 Å². The lowest BCUT2D eigenvalue weighted by molar-refractivity contribution is 0.0701. The van der Waals surface area contributed by atoms with Crippen LogP contribution >= 0.6 is 11.3 Å². The van der Waals surface area contributed by atoms with Crippen LogP contribution in [0.15, 0.2) is 42.5 Å². The molecule has 0 spiro atoms. The van der Waals surface area contributed by atoms with Gasteiger partial charge in [0.15, 0.2) is 0 Å². The molecule has 1 aromatic heterocycles. The molecule has 0 aliphatic rings. The number of hydrogen-bond donors (Lipinski definition) is 1. The van der Waals surface area contributed by atoms with E-state index in [4.69, 9.17) is 0 Å². The summed E-state index contributed by atoms with van der Waals surface area (Å²) in [6, 6.07) is 14.3. The van der Waals surface area contributed by atoms with Gasteiger partial charge in [-0.25, -0.2) is 9.78 Å². The maximum Gasteiger partial charge on any atom is 0.347 e. The van der Waals surface area contributed by atoms with Crippen molar-refractivity contribution < 1.29 is 9.90 Å². The summed E-state index contributed by atoms with van der Waals surface area (Å²) < 4.78 is 0. The average Bonchev–Trinajstić information content (AvgIpc) is 2.92. The molecule has 0 unspecified atom stereocenters. The van der Waals surface area contributed by atoms with E-state index in [-0.39, 0.29) is 5.41 Å². The number of aromatic nitrogens is 1. The van der Waals surface area contributed by atoms with Crippen molar-refractivity contribution in [2.45, 2.75) is 32.6 Å². The van der Waals surface area contributed by atoms with E-state index < -0.39 is 5.97 Å². The van der Waals surface area contributed by atoms with Gasteiger partial charge in [-0.2, -0.15) is 0 Å². The van der Waals surface area contributed by atoms with E-state index in [1.54, 1.807) is 0 Å². The highest BCUT2D eigenvalue weighted by molar-refractivity contribution is 7.13. The zero-order valence-electron chi connectivity index (χ0n) is 13.5. The molecule has 0 radical (unpaired) electrons. The molecule has 0 amide bonds. The lowest BCUT2D eigenvalue weighted by Crippen LogP contribution is -2.10. The minimum atomic E-state index is -0.895. The molecule has 3 aromatic rings. The highest BCUT2D eigenvalue weighted by atomic mass is 32.1. The van der Waals surface area contributed by atoms with Gasteiger partial charge in [-0.1, -0.05) is 63.2 Å². The Morgan fingerprint density at radius 1 is 1.13 bits per heavy atom. The fourth-order valence-electron chi connectivity index (χ4n) is 2.59. The Balaban J connectivity index is 2.08. The van der Waals surface area contributed by atoms with Crippen molar-refractivity contribution in [3.8, 4) is 0 Å². The number of carboxylic acid groups (broad SMARTS) is 1. The largest absolute Gasteiger partial charge is 0.477 e.